The lowest BCUT2D eigenvalue weighted by molar-refractivity contribution is 0.0954. The van der Waals surface area contributed by atoms with Crippen LogP contribution in [0.15, 0.2) is 58.5 Å². The summed E-state index contributed by atoms with van der Waals surface area (Å²) in [6.45, 7) is 0. The Hall–Kier alpha value is -2.38. The fraction of sp³-hybridized carbons (Fsp3) is 0.300. The lowest BCUT2D eigenvalue weighted by Gasteiger charge is -2.16. The van der Waals surface area contributed by atoms with Crippen LogP contribution in [0.25, 0.3) is 0 Å². The van der Waals surface area contributed by atoms with E-state index in [1.165, 1.54) is 37.5 Å². The summed E-state index contributed by atoms with van der Waals surface area (Å²) in [5.74, 6) is -0.0556. The average Bonchev–Trinajstić information content (AvgIpc) is 2.70. The molecule has 148 valence electrons. The molecule has 0 atom stereocenters. The van der Waals surface area contributed by atoms with Gasteiger partial charge in [0, 0.05) is 22.5 Å². The van der Waals surface area contributed by atoms with Gasteiger partial charge in [-0.05, 0) is 61.2 Å². The van der Waals surface area contributed by atoms with Crippen molar-refractivity contribution in [2.24, 2.45) is 11.0 Å². The zero-order valence-electron chi connectivity index (χ0n) is 15.3. The zero-order valence-corrected chi connectivity index (χ0v) is 16.8. The molecule has 0 saturated heterocycles. The zero-order chi connectivity index (χ0) is 20.0. The Labute approximate surface area is 170 Å². The van der Waals surface area contributed by atoms with Gasteiger partial charge in [-0.1, -0.05) is 36.9 Å². The highest BCUT2D eigenvalue weighted by Crippen LogP contribution is 2.22. The van der Waals surface area contributed by atoms with Crippen molar-refractivity contribution in [2.75, 3.05) is 4.72 Å². The van der Waals surface area contributed by atoms with Crippen LogP contribution in [-0.2, 0) is 10.0 Å². The number of anilines is 1. The highest BCUT2D eigenvalue weighted by Gasteiger charge is 2.17. The number of hydrogen-bond donors (Lipinski definition) is 2. The molecule has 1 aliphatic carbocycles. The topological polar surface area (TPSA) is 87.6 Å². The van der Waals surface area contributed by atoms with E-state index in [2.05, 4.69) is 15.2 Å². The van der Waals surface area contributed by atoms with Crippen molar-refractivity contribution >= 4 is 39.4 Å². The number of hydrogen-bond acceptors (Lipinski definition) is 4. The quantitative estimate of drug-likeness (QED) is 0.536. The highest BCUT2D eigenvalue weighted by atomic mass is 35.5. The molecule has 2 N–H and O–H groups in total. The Balaban J connectivity index is 1.67. The van der Waals surface area contributed by atoms with E-state index in [0.717, 1.165) is 12.8 Å². The van der Waals surface area contributed by atoms with Crippen molar-refractivity contribution in [3.8, 4) is 0 Å². The molecular weight excluding hydrogens is 398 g/mol. The van der Waals surface area contributed by atoms with Crippen LogP contribution in [-0.4, -0.2) is 20.5 Å². The van der Waals surface area contributed by atoms with Gasteiger partial charge in [0.2, 0.25) is 0 Å². The third-order valence-corrected chi connectivity index (χ3v) is 6.24. The van der Waals surface area contributed by atoms with Gasteiger partial charge in [0.25, 0.3) is 15.9 Å². The van der Waals surface area contributed by atoms with E-state index in [0.29, 0.717) is 16.6 Å². The summed E-state index contributed by atoms with van der Waals surface area (Å²) in [5, 5.41) is 4.55. The van der Waals surface area contributed by atoms with Gasteiger partial charge in [0.15, 0.2) is 0 Å². The van der Waals surface area contributed by atoms with E-state index >= 15 is 0 Å². The molecule has 0 aliphatic heterocycles. The average molecular weight is 420 g/mol. The largest absolute Gasteiger partial charge is 0.280 e. The molecule has 0 bridgehead atoms. The summed E-state index contributed by atoms with van der Waals surface area (Å²) in [5.41, 5.74) is 3.09. The van der Waals surface area contributed by atoms with Crippen molar-refractivity contribution < 1.29 is 13.2 Å². The first kappa shape index (κ1) is 20.4. The van der Waals surface area contributed by atoms with Crippen molar-refractivity contribution in [1.82, 2.24) is 5.43 Å². The second-order valence-corrected chi connectivity index (χ2v) is 8.88. The molecule has 2 aromatic rings. The molecule has 2 aromatic carbocycles. The molecule has 0 unspecified atom stereocenters. The first-order valence-corrected chi connectivity index (χ1v) is 11.0. The lowest BCUT2D eigenvalue weighted by atomic mass is 9.90. The van der Waals surface area contributed by atoms with E-state index in [4.69, 9.17) is 11.6 Å². The van der Waals surface area contributed by atoms with Crippen LogP contribution in [0.1, 0.15) is 42.5 Å². The molecule has 0 aromatic heterocycles. The molecule has 1 saturated carbocycles. The first-order chi connectivity index (χ1) is 13.4. The van der Waals surface area contributed by atoms with Crippen LogP contribution in [0.2, 0.25) is 5.02 Å². The highest BCUT2D eigenvalue weighted by molar-refractivity contribution is 7.92. The second-order valence-electron chi connectivity index (χ2n) is 6.76. The van der Waals surface area contributed by atoms with Gasteiger partial charge in [0.1, 0.15) is 0 Å². The van der Waals surface area contributed by atoms with Crippen molar-refractivity contribution in [2.45, 2.75) is 37.0 Å². The number of nitrogens with zero attached hydrogens (tertiary/aromatic N) is 1. The van der Waals surface area contributed by atoms with E-state index in [1.807, 2.05) is 0 Å². The normalized spacial score (nSPS) is 15.5. The van der Waals surface area contributed by atoms with Crippen LogP contribution >= 0.6 is 11.6 Å². The summed E-state index contributed by atoms with van der Waals surface area (Å²) in [4.78, 5) is 12.3. The molecule has 8 heteroatoms. The number of carbonyl (C=O) groups excluding carboxylic acids is 1. The number of carbonyl (C=O) groups is 1. The van der Waals surface area contributed by atoms with E-state index in [-0.39, 0.29) is 10.5 Å². The summed E-state index contributed by atoms with van der Waals surface area (Å²) >= 11 is 5.81. The second kappa shape index (κ2) is 9.21. The molecule has 3 rings (SSSR count). The molecule has 0 spiro atoms. The van der Waals surface area contributed by atoms with E-state index in [1.54, 1.807) is 36.5 Å². The Morgan fingerprint density at radius 3 is 2.50 bits per heavy atom. The van der Waals surface area contributed by atoms with Crippen molar-refractivity contribution in [3.05, 3.63) is 59.1 Å². The van der Waals surface area contributed by atoms with Crippen LogP contribution in [0.4, 0.5) is 5.69 Å². The van der Waals surface area contributed by atoms with Gasteiger partial charge in [-0.2, -0.15) is 5.10 Å². The van der Waals surface area contributed by atoms with Gasteiger partial charge in [-0.25, -0.2) is 13.8 Å². The first-order valence-electron chi connectivity index (χ1n) is 9.16. The number of rotatable bonds is 6. The number of halogens is 1. The standard InChI is InChI=1S/C20H22ClN3O3S/c21-17-9-11-18(12-10-17)24-28(26,27)19-8-4-7-16(13-19)20(25)23-22-14-15-5-2-1-3-6-15/h4,7-15,24H,1-3,5-6H2,(H,23,25). The predicted octanol–water partition coefficient (Wildman–Crippen LogP) is 4.44. The fourth-order valence-electron chi connectivity index (χ4n) is 3.09. The molecule has 0 radical (unpaired) electrons. The summed E-state index contributed by atoms with van der Waals surface area (Å²) in [6.07, 6.45) is 7.57. The Kier molecular flexibility index (Phi) is 6.70. The van der Waals surface area contributed by atoms with E-state index < -0.39 is 15.9 Å². The van der Waals surface area contributed by atoms with Gasteiger partial charge < -0.3 is 0 Å². The van der Waals surface area contributed by atoms with Gasteiger partial charge in [0.05, 0.1) is 4.90 Å². The maximum Gasteiger partial charge on any atom is 0.271 e. The molecular formula is C20H22ClN3O3S. The Morgan fingerprint density at radius 1 is 1.07 bits per heavy atom. The third kappa shape index (κ3) is 5.56. The minimum absolute atomic E-state index is 0.00800. The smallest absolute Gasteiger partial charge is 0.271 e. The molecule has 1 fully saturated rings. The maximum atomic E-state index is 12.6. The minimum Gasteiger partial charge on any atom is -0.280 e. The lowest BCUT2D eigenvalue weighted by Crippen LogP contribution is -2.20. The number of benzene rings is 2. The summed E-state index contributed by atoms with van der Waals surface area (Å²) in [7, 11) is -3.83. The molecule has 1 aliphatic rings. The van der Waals surface area contributed by atoms with Crippen molar-refractivity contribution in [1.29, 1.82) is 0 Å². The molecule has 6 nitrogen and oxygen atoms in total. The third-order valence-electron chi connectivity index (χ3n) is 4.60. The van der Waals surface area contributed by atoms with Gasteiger partial charge >= 0.3 is 0 Å². The van der Waals surface area contributed by atoms with Gasteiger partial charge in [-0.3, -0.25) is 9.52 Å². The fourth-order valence-corrected chi connectivity index (χ4v) is 4.32. The van der Waals surface area contributed by atoms with Crippen molar-refractivity contribution in [3.63, 3.8) is 0 Å². The predicted molar refractivity (Wildman–Crippen MR) is 111 cm³/mol. The monoisotopic (exact) mass is 419 g/mol. The molecule has 0 heterocycles. The SMILES string of the molecule is O=C(NN=CC1CCCCC1)c1cccc(S(=O)(=O)Nc2ccc(Cl)cc2)c1. The van der Waals surface area contributed by atoms with Crippen LogP contribution in [0, 0.1) is 5.92 Å². The number of nitrogens with one attached hydrogen (secondary N) is 2. The van der Waals surface area contributed by atoms with Crippen LogP contribution in [0.3, 0.4) is 0 Å². The Morgan fingerprint density at radius 2 is 1.79 bits per heavy atom. The number of sulfonamides is 1. The summed E-state index contributed by atoms with van der Waals surface area (Å²) in [6, 6.07) is 12.1. The van der Waals surface area contributed by atoms with Gasteiger partial charge in [-0.15, -0.1) is 0 Å². The summed E-state index contributed by atoms with van der Waals surface area (Å²) < 4.78 is 27.6. The maximum absolute atomic E-state index is 12.6. The van der Waals surface area contributed by atoms with E-state index in [9.17, 15) is 13.2 Å². The number of hydrazone groups is 1. The van der Waals surface area contributed by atoms with Crippen LogP contribution in [0.5, 0.6) is 0 Å². The minimum atomic E-state index is -3.83. The number of amides is 1. The van der Waals surface area contributed by atoms with Crippen LogP contribution < -0.4 is 10.1 Å². The molecule has 28 heavy (non-hydrogen) atoms. The Bertz CT molecular complexity index is 953. The molecule has 1 amide bonds.